The molecule has 1 N–H and O–H groups in total. The van der Waals surface area contributed by atoms with Gasteiger partial charge in [0.1, 0.15) is 5.15 Å². The fraction of sp³-hybridized carbons (Fsp3) is 0.250. The van der Waals surface area contributed by atoms with Crippen LogP contribution in [0.3, 0.4) is 0 Å². The summed E-state index contributed by atoms with van der Waals surface area (Å²) in [5.74, 6) is 0.108. The maximum atomic E-state index is 7.38. The van der Waals surface area contributed by atoms with Crippen molar-refractivity contribution in [3.63, 3.8) is 0 Å². The van der Waals surface area contributed by atoms with Gasteiger partial charge in [-0.25, -0.2) is 4.98 Å². The first-order valence-corrected chi connectivity index (χ1v) is 3.78. The summed E-state index contributed by atoms with van der Waals surface area (Å²) in [6.07, 6.45) is 1.53. The summed E-state index contributed by atoms with van der Waals surface area (Å²) in [7, 11) is 1.45. The fourth-order valence-corrected chi connectivity index (χ4v) is 1.08. The molecule has 0 aliphatic rings. The third-order valence-corrected chi connectivity index (χ3v) is 1.73. The summed E-state index contributed by atoms with van der Waals surface area (Å²) in [6.45, 7) is 1.86. The van der Waals surface area contributed by atoms with Crippen molar-refractivity contribution < 1.29 is 4.74 Å². The lowest BCUT2D eigenvalue weighted by molar-refractivity contribution is 0.400. The molecule has 12 heavy (non-hydrogen) atoms. The Kier molecular flexibility index (Phi) is 2.65. The van der Waals surface area contributed by atoms with E-state index in [0.717, 1.165) is 5.56 Å². The fourth-order valence-electron chi connectivity index (χ4n) is 0.869. The number of hydrogen-bond donors (Lipinski definition) is 1. The molecule has 1 heterocycles. The molecule has 0 aliphatic carbocycles. The molecular formula is C8H9ClN2O. The molecule has 0 bridgehead atoms. The summed E-state index contributed by atoms with van der Waals surface area (Å²) >= 11 is 5.64. The molecule has 0 unspecified atom stereocenters. The first-order valence-electron chi connectivity index (χ1n) is 3.40. The Morgan fingerprint density at radius 1 is 1.67 bits per heavy atom. The zero-order valence-corrected chi connectivity index (χ0v) is 7.64. The van der Waals surface area contributed by atoms with Crippen molar-refractivity contribution in [3.8, 4) is 0 Å². The molecule has 0 saturated heterocycles. The molecule has 3 nitrogen and oxygen atoms in total. The summed E-state index contributed by atoms with van der Waals surface area (Å²) in [4.78, 5) is 3.85. The van der Waals surface area contributed by atoms with Gasteiger partial charge in [0.15, 0.2) is 0 Å². The van der Waals surface area contributed by atoms with E-state index in [4.69, 9.17) is 21.7 Å². The zero-order valence-electron chi connectivity index (χ0n) is 6.89. The summed E-state index contributed by atoms with van der Waals surface area (Å²) in [5.41, 5.74) is 1.56. The van der Waals surface area contributed by atoms with Crippen LogP contribution in [-0.4, -0.2) is 18.0 Å². The molecule has 0 aliphatic heterocycles. The molecular weight excluding hydrogens is 176 g/mol. The molecule has 0 fully saturated rings. The van der Waals surface area contributed by atoms with Crippen molar-refractivity contribution in [2.45, 2.75) is 6.92 Å². The molecule has 0 radical (unpaired) electrons. The predicted octanol–water partition coefficient (Wildman–Crippen LogP) is 2.02. The zero-order chi connectivity index (χ0) is 9.14. The quantitative estimate of drug-likeness (QED) is 0.412. The number of aryl methyl sites for hydroxylation is 1. The maximum absolute atomic E-state index is 7.38. The van der Waals surface area contributed by atoms with Gasteiger partial charge in [-0.3, -0.25) is 5.41 Å². The number of rotatable bonds is 1. The first-order chi connectivity index (χ1) is 5.65. The van der Waals surface area contributed by atoms with Crippen molar-refractivity contribution in [1.82, 2.24) is 4.98 Å². The Morgan fingerprint density at radius 2 is 2.33 bits per heavy atom. The van der Waals surface area contributed by atoms with Crippen LogP contribution in [0.15, 0.2) is 12.3 Å². The van der Waals surface area contributed by atoms with Crippen LogP contribution in [0.4, 0.5) is 0 Å². The Balaban J connectivity index is 3.09. The van der Waals surface area contributed by atoms with E-state index < -0.39 is 0 Å². The number of ether oxygens (including phenoxy) is 1. The SMILES string of the molecule is COC(=N)c1cnc(Cl)cc1C. The third kappa shape index (κ3) is 1.74. The molecule has 64 valence electrons. The molecule has 1 aromatic heterocycles. The van der Waals surface area contributed by atoms with E-state index in [1.165, 1.54) is 13.3 Å². The standard InChI is InChI=1S/C8H9ClN2O/c1-5-3-7(9)11-4-6(5)8(10)12-2/h3-4,10H,1-2H3. The Labute approximate surface area is 75.8 Å². The van der Waals surface area contributed by atoms with E-state index in [-0.39, 0.29) is 5.90 Å². The lowest BCUT2D eigenvalue weighted by atomic mass is 10.2. The molecule has 1 aromatic rings. The van der Waals surface area contributed by atoms with Gasteiger partial charge in [-0.15, -0.1) is 0 Å². The van der Waals surface area contributed by atoms with Gasteiger partial charge < -0.3 is 4.74 Å². The van der Waals surface area contributed by atoms with Crippen molar-refractivity contribution >= 4 is 17.5 Å². The van der Waals surface area contributed by atoms with Crippen molar-refractivity contribution in [2.24, 2.45) is 0 Å². The average molecular weight is 185 g/mol. The van der Waals surface area contributed by atoms with Gasteiger partial charge in [-0.1, -0.05) is 11.6 Å². The van der Waals surface area contributed by atoms with Gasteiger partial charge in [0.05, 0.1) is 12.7 Å². The van der Waals surface area contributed by atoms with Crippen LogP contribution in [0.25, 0.3) is 0 Å². The minimum absolute atomic E-state index is 0.108. The van der Waals surface area contributed by atoms with E-state index in [2.05, 4.69) is 4.98 Å². The number of aromatic nitrogens is 1. The van der Waals surface area contributed by atoms with Crippen molar-refractivity contribution in [3.05, 3.63) is 28.5 Å². The smallest absolute Gasteiger partial charge is 0.214 e. The Morgan fingerprint density at radius 3 is 2.83 bits per heavy atom. The minimum Gasteiger partial charge on any atom is -0.481 e. The van der Waals surface area contributed by atoms with Crippen LogP contribution in [0.2, 0.25) is 5.15 Å². The topological polar surface area (TPSA) is 46.0 Å². The van der Waals surface area contributed by atoms with E-state index in [1.54, 1.807) is 6.07 Å². The number of methoxy groups -OCH3 is 1. The largest absolute Gasteiger partial charge is 0.481 e. The third-order valence-electron chi connectivity index (χ3n) is 1.53. The van der Waals surface area contributed by atoms with Crippen LogP contribution in [0.1, 0.15) is 11.1 Å². The molecule has 0 spiro atoms. The normalized spacial score (nSPS) is 9.58. The predicted molar refractivity (Wildman–Crippen MR) is 47.8 cm³/mol. The second-order valence-electron chi connectivity index (χ2n) is 2.36. The lowest BCUT2D eigenvalue weighted by Crippen LogP contribution is -2.04. The molecule has 1 rings (SSSR count). The summed E-state index contributed by atoms with van der Waals surface area (Å²) < 4.78 is 4.76. The Bertz CT molecular complexity index is 312. The van der Waals surface area contributed by atoms with Crippen molar-refractivity contribution in [1.29, 1.82) is 5.41 Å². The minimum atomic E-state index is 0.108. The highest BCUT2D eigenvalue weighted by atomic mass is 35.5. The van der Waals surface area contributed by atoms with E-state index in [1.807, 2.05) is 6.92 Å². The monoisotopic (exact) mass is 184 g/mol. The average Bonchev–Trinajstić information content (AvgIpc) is 2.03. The maximum Gasteiger partial charge on any atom is 0.214 e. The number of halogens is 1. The highest BCUT2D eigenvalue weighted by Crippen LogP contribution is 2.12. The molecule has 4 heteroatoms. The molecule has 0 amide bonds. The van der Waals surface area contributed by atoms with Crippen LogP contribution < -0.4 is 0 Å². The number of pyridine rings is 1. The summed E-state index contributed by atoms with van der Waals surface area (Å²) in [5, 5.41) is 7.82. The number of nitrogens with zero attached hydrogens (tertiary/aromatic N) is 1. The molecule has 0 aromatic carbocycles. The van der Waals surface area contributed by atoms with Gasteiger partial charge in [-0.2, -0.15) is 0 Å². The van der Waals surface area contributed by atoms with Crippen LogP contribution in [0, 0.1) is 12.3 Å². The Hall–Kier alpha value is -1.09. The van der Waals surface area contributed by atoms with Gasteiger partial charge in [0, 0.05) is 6.20 Å². The van der Waals surface area contributed by atoms with Crippen LogP contribution >= 0.6 is 11.6 Å². The highest BCUT2D eigenvalue weighted by molar-refractivity contribution is 6.29. The van der Waals surface area contributed by atoms with E-state index >= 15 is 0 Å². The number of hydrogen-bond acceptors (Lipinski definition) is 3. The van der Waals surface area contributed by atoms with E-state index in [9.17, 15) is 0 Å². The van der Waals surface area contributed by atoms with Crippen molar-refractivity contribution in [2.75, 3.05) is 7.11 Å². The highest BCUT2D eigenvalue weighted by Gasteiger charge is 2.05. The first kappa shape index (κ1) is 9.00. The van der Waals surface area contributed by atoms with Gasteiger partial charge in [0.2, 0.25) is 5.90 Å². The summed E-state index contributed by atoms with van der Waals surface area (Å²) in [6, 6.07) is 1.70. The van der Waals surface area contributed by atoms with Gasteiger partial charge in [-0.05, 0) is 18.6 Å². The second kappa shape index (κ2) is 3.54. The van der Waals surface area contributed by atoms with Crippen LogP contribution in [-0.2, 0) is 4.74 Å². The molecule has 0 saturated carbocycles. The van der Waals surface area contributed by atoms with Gasteiger partial charge in [0.25, 0.3) is 0 Å². The number of nitrogens with one attached hydrogen (secondary N) is 1. The van der Waals surface area contributed by atoms with E-state index in [0.29, 0.717) is 10.7 Å². The van der Waals surface area contributed by atoms with Gasteiger partial charge >= 0.3 is 0 Å². The molecule has 0 atom stereocenters. The van der Waals surface area contributed by atoms with Crippen LogP contribution in [0.5, 0.6) is 0 Å². The second-order valence-corrected chi connectivity index (χ2v) is 2.74. The lowest BCUT2D eigenvalue weighted by Gasteiger charge is -2.04.